The molecule has 0 bridgehead atoms. The molecule has 1 aromatic carbocycles. The van der Waals surface area contributed by atoms with Gasteiger partial charge in [-0.2, -0.15) is 0 Å². The number of imidazole rings is 1. The summed E-state index contributed by atoms with van der Waals surface area (Å²) >= 11 is 0. The van der Waals surface area contributed by atoms with Crippen molar-refractivity contribution in [2.45, 2.75) is 52.2 Å². The van der Waals surface area contributed by atoms with Crippen LogP contribution >= 0.6 is 0 Å². The van der Waals surface area contributed by atoms with Gasteiger partial charge in [0.1, 0.15) is 17.9 Å². The smallest absolute Gasteiger partial charge is 0.136 e. The molecular weight excluding hydrogens is 298 g/mol. The van der Waals surface area contributed by atoms with Gasteiger partial charge in [-0.1, -0.05) is 37.5 Å². The Morgan fingerprint density at radius 2 is 1.96 bits per heavy atom. The Hall–Kier alpha value is -1.94. The Balaban J connectivity index is 1.83. The molecule has 0 saturated heterocycles. The fourth-order valence-electron chi connectivity index (χ4n) is 3.94. The maximum atomic E-state index is 5.69. The number of rotatable bonds is 5. The number of aromatic nitrogens is 3. The van der Waals surface area contributed by atoms with Gasteiger partial charge in [-0.25, -0.2) is 4.98 Å². The van der Waals surface area contributed by atoms with Gasteiger partial charge in [0.25, 0.3) is 0 Å². The minimum absolute atomic E-state index is 0.576. The van der Waals surface area contributed by atoms with Gasteiger partial charge in [-0.05, 0) is 31.7 Å². The standard InChI is InChI=1S/C20H25N3O/c1-2-24-14-19-22-18-12-21-17-11-7-6-10-16(17)20(18)23(19)13-15-8-4-3-5-9-15/h6-7,10-12,15H,2-5,8-9,13-14H2,1H3. The van der Waals surface area contributed by atoms with Gasteiger partial charge in [0, 0.05) is 18.5 Å². The summed E-state index contributed by atoms with van der Waals surface area (Å²) in [6, 6.07) is 8.37. The SMILES string of the molecule is CCOCc1nc2cnc3ccccc3c2n1CC1CCCCC1. The highest BCUT2D eigenvalue weighted by Crippen LogP contribution is 2.30. The number of hydrogen-bond acceptors (Lipinski definition) is 3. The van der Waals surface area contributed by atoms with Gasteiger partial charge < -0.3 is 9.30 Å². The van der Waals surface area contributed by atoms with E-state index in [4.69, 9.17) is 9.72 Å². The van der Waals surface area contributed by atoms with Crippen LogP contribution in [0.2, 0.25) is 0 Å². The summed E-state index contributed by atoms with van der Waals surface area (Å²) < 4.78 is 8.09. The predicted molar refractivity (Wildman–Crippen MR) is 96.9 cm³/mol. The van der Waals surface area contributed by atoms with E-state index < -0.39 is 0 Å². The van der Waals surface area contributed by atoms with Crippen LogP contribution in [0, 0.1) is 5.92 Å². The van der Waals surface area contributed by atoms with Gasteiger partial charge in [0.2, 0.25) is 0 Å². The second-order valence-electron chi connectivity index (χ2n) is 6.79. The van der Waals surface area contributed by atoms with E-state index in [0.717, 1.165) is 29.3 Å². The summed E-state index contributed by atoms with van der Waals surface area (Å²) in [4.78, 5) is 9.42. The van der Waals surface area contributed by atoms with E-state index in [9.17, 15) is 0 Å². The second-order valence-corrected chi connectivity index (χ2v) is 6.79. The zero-order valence-corrected chi connectivity index (χ0v) is 14.4. The molecule has 4 rings (SSSR count). The first kappa shape index (κ1) is 15.6. The molecule has 4 heteroatoms. The number of nitrogens with zero attached hydrogens (tertiary/aromatic N) is 3. The molecule has 0 aliphatic heterocycles. The zero-order chi connectivity index (χ0) is 16.4. The summed E-state index contributed by atoms with van der Waals surface area (Å²) in [5.41, 5.74) is 3.25. The second kappa shape index (κ2) is 6.89. The van der Waals surface area contributed by atoms with E-state index in [-0.39, 0.29) is 0 Å². The molecule has 0 unspecified atom stereocenters. The van der Waals surface area contributed by atoms with Crippen molar-refractivity contribution in [1.29, 1.82) is 0 Å². The summed E-state index contributed by atoms with van der Waals surface area (Å²) in [5.74, 6) is 1.79. The van der Waals surface area contributed by atoms with Crippen LogP contribution in [0.25, 0.3) is 21.9 Å². The van der Waals surface area contributed by atoms with Crippen molar-refractivity contribution in [3.63, 3.8) is 0 Å². The number of para-hydroxylation sites is 1. The average Bonchev–Trinajstić information content (AvgIpc) is 2.99. The highest BCUT2D eigenvalue weighted by molar-refractivity contribution is 6.02. The molecule has 1 saturated carbocycles. The van der Waals surface area contributed by atoms with Crippen LogP contribution in [0.3, 0.4) is 0 Å². The summed E-state index contributed by atoms with van der Waals surface area (Å²) in [5, 5.41) is 1.20. The average molecular weight is 323 g/mol. The van der Waals surface area contributed by atoms with Crippen molar-refractivity contribution in [1.82, 2.24) is 14.5 Å². The lowest BCUT2D eigenvalue weighted by Crippen LogP contribution is -2.16. The number of ether oxygens (including phenoxy) is 1. The molecule has 0 N–H and O–H groups in total. The van der Waals surface area contributed by atoms with Crippen LogP contribution < -0.4 is 0 Å². The predicted octanol–water partition coefficient (Wildman–Crippen LogP) is 4.70. The van der Waals surface area contributed by atoms with Gasteiger partial charge >= 0.3 is 0 Å². The van der Waals surface area contributed by atoms with E-state index in [2.05, 4.69) is 27.8 Å². The lowest BCUT2D eigenvalue weighted by molar-refractivity contribution is 0.124. The zero-order valence-electron chi connectivity index (χ0n) is 14.4. The largest absolute Gasteiger partial charge is 0.374 e. The molecule has 126 valence electrons. The Labute approximate surface area is 142 Å². The fourth-order valence-corrected chi connectivity index (χ4v) is 3.94. The van der Waals surface area contributed by atoms with E-state index in [1.54, 1.807) is 0 Å². The van der Waals surface area contributed by atoms with Crippen molar-refractivity contribution >= 4 is 21.9 Å². The van der Waals surface area contributed by atoms with Crippen LogP contribution in [0.1, 0.15) is 44.9 Å². The normalized spacial score (nSPS) is 16.2. The first-order chi connectivity index (χ1) is 11.9. The molecule has 1 aliphatic carbocycles. The number of hydrogen-bond donors (Lipinski definition) is 0. The maximum absolute atomic E-state index is 5.69. The van der Waals surface area contributed by atoms with Crippen molar-refractivity contribution < 1.29 is 4.74 Å². The lowest BCUT2D eigenvalue weighted by atomic mass is 9.89. The van der Waals surface area contributed by atoms with Crippen LogP contribution in [0.4, 0.5) is 0 Å². The Kier molecular flexibility index (Phi) is 4.48. The molecular formula is C20H25N3O. The molecule has 3 aromatic rings. The Morgan fingerprint density at radius 1 is 1.12 bits per heavy atom. The van der Waals surface area contributed by atoms with Gasteiger partial charge in [-0.15, -0.1) is 0 Å². The highest BCUT2D eigenvalue weighted by atomic mass is 16.5. The van der Waals surface area contributed by atoms with Gasteiger partial charge in [0.05, 0.1) is 17.2 Å². The quantitative estimate of drug-likeness (QED) is 0.683. The number of pyridine rings is 1. The summed E-state index contributed by atoms with van der Waals surface area (Å²) in [6.45, 7) is 4.37. The van der Waals surface area contributed by atoms with Crippen LogP contribution in [0.5, 0.6) is 0 Å². The molecule has 0 radical (unpaired) electrons. The first-order valence-electron chi connectivity index (χ1n) is 9.17. The van der Waals surface area contributed by atoms with Crippen molar-refractivity contribution in [3.05, 3.63) is 36.3 Å². The molecule has 2 aromatic heterocycles. The van der Waals surface area contributed by atoms with Crippen LogP contribution in [-0.2, 0) is 17.9 Å². The first-order valence-corrected chi connectivity index (χ1v) is 9.17. The van der Waals surface area contributed by atoms with Crippen molar-refractivity contribution in [3.8, 4) is 0 Å². The molecule has 24 heavy (non-hydrogen) atoms. The third kappa shape index (κ3) is 2.91. The number of fused-ring (bicyclic) bond motifs is 3. The van der Waals surface area contributed by atoms with E-state index in [1.807, 2.05) is 19.2 Å². The van der Waals surface area contributed by atoms with Crippen molar-refractivity contribution in [2.24, 2.45) is 5.92 Å². The van der Waals surface area contributed by atoms with E-state index in [1.165, 1.54) is 43.0 Å². The maximum Gasteiger partial charge on any atom is 0.136 e. The minimum Gasteiger partial charge on any atom is -0.374 e. The third-order valence-electron chi connectivity index (χ3n) is 5.16. The monoisotopic (exact) mass is 323 g/mol. The third-order valence-corrected chi connectivity index (χ3v) is 5.16. The highest BCUT2D eigenvalue weighted by Gasteiger charge is 2.19. The molecule has 0 atom stereocenters. The topological polar surface area (TPSA) is 39.9 Å². The van der Waals surface area contributed by atoms with Gasteiger partial charge in [-0.3, -0.25) is 4.98 Å². The minimum atomic E-state index is 0.576. The molecule has 2 heterocycles. The lowest BCUT2D eigenvalue weighted by Gasteiger charge is -2.23. The van der Waals surface area contributed by atoms with Crippen molar-refractivity contribution in [2.75, 3.05) is 6.61 Å². The Morgan fingerprint density at radius 3 is 2.79 bits per heavy atom. The number of benzene rings is 1. The molecule has 1 aliphatic rings. The molecule has 1 fully saturated rings. The Bertz CT molecular complexity index is 833. The van der Waals surface area contributed by atoms with Gasteiger partial charge in [0.15, 0.2) is 0 Å². The van der Waals surface area contributed by atoms with E-state index in [0.29, 0.717) is 13.2 Å². The summed E-state index contributed by atoms with van der Waals surface area (Å²) in [6.07, 6.45) is 8.68. The summed E-state index contributed by atoms with van der Waals surface area (Å²) in [7, 11) is 0. The van der Waals surface area contributed by atoms with Crippen LogP contribution in [-0.4, -0.2) is 21.1 Å². The fraction of sp³-hybridized carbons (Fsp3) is 0.500. The van der Waals surface area contributed by atoms with Crippen LogP contribution in [0.15, 0.2) is 30.5 Å². The molecule has 0 spiro atoms. The molecule has 4 nitrogen and oxygen atoms in total. The molecule has 0 amide bonds. The van der Waals surface area contributed by atoms with E-state index >= 15 is 0 Å².